The molecule has 0 radical (unpaired) electrons. The maximum atomic E-state index is 14.2. The molecule has 6 nitrogen and oxygen atoms in total. The maximum absolute atomic E-state index is 14.2. The van der Waals surface area contributed by atoms with Crippen molar-refractivity contribution in [2.75, 3.05) is 0 Å². The lowest BCUT2D eigenvalue weighted by atomic mass is 10.1. The SMILES string of the molecule is Cc1cc(Oc2cc(F)cc(CNC(=O)c3ccc(C(F)(F)F)cc3)c2)ccc1OC(C)(C)C(=O)O. The first-order valence-electron chi connectivity index (χ1n) is 10.7. The number of ether oxygens (including phenoxy) is 2. The molecule has 10 heteroatoms. The van der Waals surface area contributed by atoms with Crippen LogP contribution in [0.5, 0.6) is 17.2 Å². The number of aliphatic carboxylic acids is 1. The van der Waals surface area contributed by atoms with Crippen LogP contribution in [0.1, 0.15) is 40.9 Å². The number of aryl methyl sites for hydroxylation is 1. The molecule has 190 valence electrons. The number of amides is 1. The van der Waals surface area contributed by atoms with Gasteiger partial charge in [-0.25, -0.2) is 9.18 Å². The monoisotopic (exact) mass is 505 g/mol. The van der Waals surface area contributed by atoms with Crippen molar-refractivity contribution in [3.63, 3.8) is 0 Å². The van der Waals surface area contributed by atoms with Crippen molar-refractivity contribution in [1.29, 1.82) is 0 Å². The maximum Gasteiger partial charge on any atom is 0.416 e. The summed E-state index contributed by atoms with van der Waals surface area (Å²) in [7, 11) is 0. The van der Waals surface area contributed by atoms with E-state index in [1.807, 2.05) is 0 Å². The van der Waals surface area contributed by atoms with Crippen molar-refractivity contribution in [3.8, 4) is 17.2 Å². The number of rotatable bonds is 8. The van der Waals surface area contributed by atoms with E-state index in [1.165, 1.54) is 32.0 Å². The van der Waals surface area contributed by atoms with Crippen LogP contribution in [0.25, 0.3) is 0 Å². The highest BCUT2D eigenvalue weighted by molar-refractivity contribution is 5.94. The van der Waals surface area contributed by atoms with Gasteiger partial charge in [-0.1, -0.05) is 0 Å². The smallest absolute Gasteiger partial charge is 0.416 e. The Balaban J connectivity index is 1.67. The molecule has 36 heavy (non-hydrogen) atoms. The quantitative estimate of drug-likeness (QED) is 0.361. The van der Waals surface area contributed by atoms with Crippen molar-refractivity contribution in [1.82, 2.24) is 5.32 Å². The van der Waals surface area contributed by atoms with E-state index in [1.54, 1.807) is 19.1 Å². The lowest BCUT2D eigenvalue weighted by Crippen LogP contribution is -2.38. The van der Waals surface area contributed by atoms with Crippen molar-refractivity contribution < 1.29 is 41.7 Å². The van der Waals surface area contributed by atoms with Gasteiger partial charge in [0.2, 0.25) is 0 Å². The number of carbonyl (C=O) groups excluding carboxylic acids is 1. The van der Waals surface area contributed by atoms with Crippen LogP contribution < -0.4 is 14.8 Å². The third kappa shape index (κ3) is 6.74. The molecule has 1 amide bonds. The number of carbonyl (C=O) groups is 2. The number of alkyl halides is 3. The highest BCUT2D eigenvalue weighted by atomic mass is 19.4. The summed E-state index contributed by atoms with van der Waals surface area (Å²) < 4.78 is 63.5. The molecule has 0 aliphatic rings. The second-order valence-electron chi connectivity index (χ2n) is 8.50. The fraction of sp³-hybridized carbons (Fsp3) is 0.231. The molecule has 0 bridgehead atoms. The van der Waals surface area contributed by atoms with Gasteiger partial charge in [0.05, 0.1) is 5.56 Å². The highest BCUT2D eigenvalue weighted by Crippen LogP contribution is 2.31. The van der Waals surface area contributed by atoms with E-state index < -0.39 is 35.0 Å². The summed E-state index contributed by atoms with van der Waals surface area (Å²) in [5, 5.41) is 11.8. The van der Waals surface area contributed by atoms with Gasteiger partial charge in [0.15, 0.2) is 5.60 Å². The molecule has 0 unspecified atom stereocenters. The first-order chi connectivity index (χ1) is 16.7. The van der Waals surface area contributed by atoms with Gasteiger partial charge in [0.1, 0.15) is 23.1 Å². The van der Waals surface area contributed by atoms with E-state index in [-0.39, 0.29) is 17.9 Å². The van der Waals surface area contributed by atoms with E-state index in [0.717, 1.165) is 30.3 Å². The molecule has 0 saturated heterocycles. The Kier molecular flexibility index (Phi) is 7.57. The number of carboxylic acids is 1. The molecule has 3 rings (SSSR count). The number of hydrogen-bond acceptors (Lipinski definition) is 4. The third-order valence-corrected chi connectivity index (χ3v) is 5.12. The molecule has 0 saturated carbocycles. The van der Waals surface area contributed by atoms with Gasteiger partial charge >= 0.3 is 12.1 Å². The number of halogens is 4. The molecule has 3 aromatic rings. The van der Waals surface area contributed by atoms with Gasteiger partial charge in [-0.2, -0.15) is 13.2 Å². The fourth-order valence-electron chi connectivity index (χ4n) is 3.13. The molecule has 0 aliphatic carbocycles. The van der Waals surface area contributed by atoms with E-state index in [4.69, 9.17) is 9.47 Å². The van der Waals surface area contributed by atoms with Crippen molar-refractivity contribution in [2.24, 2.45) is 0 Å². The number of carboxylic acid groups (broad SMARTS) is 1. The highest BCUT2D eigenvalue weighted by Gasteiger charge is 2.31. The first kappa shape index (κ1) is 26.5. The predicted octanol–water partition coefficient (Wildman–Crippen LogP) is 6.12. The van der Waals surface area contributed by atoms with Crippen LogP contribution in [-0.4, -0.2) is 22.6 Å². The number of benzene rings is 3. The van der Waals surface area contributed by atoms with Gasteiger partial charge in [0.25, 0.3) is 5.91 Å². The lowest BCUT2D eigenvalue weighted by molar-refractivity contribution is -0.152. The van der Waals surface area contributed by atoms with Gasteiger partial charge in [-0.15, -0.1) is 0 Å². The van der Waals surface area contributed by atoms with Crippen LogP contribution in [0, 0.1) is 12.7 Å². The Hall–Kier alpha value is -4.08. The standard InChI is InChI=1S/C26H23F4NO5/c1-15-10-20(8-9-22(15)36-25(2,3)24(33)34)35-21-12-16(11-19(27)13-21)14-31-23(32)17-4-6-18(7-5-17)26(28,29)30/h4-13H,14H2,1-3H3,(H,31,32)(H,33,34). The summed E-state index contributed by atoms with van der Waals surface area (Å²) in [6, 6.07) is 12.3. The normalized spacial score (nSPS) is 11.6. The van der Waals surface area contributed by atoms with Gasteiger partial charge in [-0.05, 0) is 86.5 Å². The average Bonchev–Trinajstić information content (AvgIpc) is 2.78. The molecule has 3 aromatic carbocycles. The van der Waals surface area contributed by atoms with Gasteiger partial charge < -0.3 is 19.9 Å². The summed E-state index contributed by atoms with van der Waals surface area (Å²) in [6.45, 7) is 4.45. The van der Waals surface area contributed by atoms with Crippen LogP contribution in [-0.2, 0) is 17.5 Å². The van der Waals surface area contributed by atoms with E-state index in [0.29, 0.717) is 22.6 Å². The Morgan fingerprint density at radius 2 is 1.61 bits per heavy atom. The number of hydrogen-bond donors (Lipinski definition) is 2. The third-order valence-electron chi connectivity index (χ3n) is 5.12. The second-order valence-corrected chi connectivity index (χ2v) is 8.50. The van der Waals surface area contributed by atoms with Crippen LogP contribution in [0.2, 0.25) is 0 Å². The molecule has 2 N–H and O–H groups in total. The summed E-state index contributed by atoms with van der Waals surface area (Å²) in [4.78, 5) is 23.6. The molecule has 0 spiro atoms. The number of nitrogens with one attached hydrogen (secondary N) is 1. The topological polar surface area (TPSA) is 84.9 Å². The summed E-state index contributed by atoms with van der Waals surface area (Å²) >= 11 is 0. The van der Waals surface area contributed by atoms with Crippen LogP contribution in [0.3, 0.4) is 0 Å². The minimum Gasteiger partial charge on any atom is -0.478 e. The van der Waals surface area contributed by atoms with Crippen LogP contribution >= 0.6 is 0 Å². The van der Waals surface area contributed by atoms with Gasteiger partial charge in [-0.3, -0.25) is 4.79 Å². The molecule has 0 aromatic heterocycles. The summed E-state index contributed by atoms with van der Waals surface area (Å²) in [5.74, 6) is -1.52. The minimum absolute atomic E-state index is 0.0275. The molecular weight excluding hydrogens is 482 g/mol. The molecule has 0 fully saturated rings. The predicted molar refractivity (Wildman–Crippen MR) is 123 cm³/mol. The Morgan fingerprint density at radius 3 is 2.19 bits per heavy atom. The molecule has 0 heterocycles. The zero-order valence-electron chi connectivity index (χ0n) is 19.6. The average molecular weight is 505 g/mol. The Labute approximate surface area is 204 Å². The summed E-state index contributed by atoms with van der Waals surface area (Å²) in [6.07, 6.45) is -4.51. The lowest BCUT2D eigenvalue weighted by Gasteiger charge is -2.23. The molecule has 0 aliphatic heterocycles. The van der Waals surface area contributed by atoms with E-state index in [9.17, 15) is 32.3 Å². The molecular formula is C26H23F4NO5. The van der Waals surface area contributed by atoms with Crippen molar-refractivity contribution in [3.05, 3.63) is 88.7 Å². The largest absolute Gasteiger partial charge is 0.478 e. The van der Waals surface area contributed by atoms with Crippen molar-refractivity contribution in [2.45, 2.75) is 39.1 Å². The Morgan fingerprint density at radius 1 is 0.944 bits per heavy atom. The van der Waals surface area contributed by atoms with Crippen LogP contribution in [0.15, 0.2) is 60.7 Å². The zero-order chi connectivity index (χ0) is 26.7. The van der Waals surface area contributed by atoms with E-state index >= 15 is 0 Å². The first-order valence-corrected chi connectivity index (χ1v) is 10.7. The zero-order valence-corrected chi connectivity index (χ0v) is 19.6. The van der Waals surface area contributed by atoms with Gasteiger partial charge in [0, 0.05) is 18.2 Å². The fourth-order valence-corrected chi connectivity index (χ4v) is 3.13. The molecule has 0 atom stereocenters. The summed E-state index contributed by atoms with van der Waals surface area (Å²) in [5.41, 5.74) is -1.31. The Bertz CT molecular complexity index is 1270. The van der Waals surface area contributed by atoms with Crippen LogP contribution in [0.4, 0.5) is 17.6 Å². The second kappa shape index (κ2) is 10.3. The minimum atomic E-state index is -4.51. The van der Waals surface area contributed by atoms with Crippen molar-refractivity contribution >= 4 is 11.9 Å². The van der Waals surface area contributed by atoms with E-state index in [2.05, 4.69) is 5.32 Å².